The van der Waals surface area contributed by atoms with Crippen LogP contribution in [0, 0.1) is 0 Å². The van der Waals surface area contributed by atoms with Gasteiger partial charge in [0.15, 0.2) is 0 Å². The van der Waals surface area contributed by atoms with E-state index in [1.807, 2.05) is 5.38 Å². The van der Waals surface area contributed by atoms with Crippen LogP contribution in [-0.2, 0) is 5.41 Å². The molecule has 0 atom stereocenters. The Kier molecular flexibility index (Phi) is 6.25. The number of rotatable bonds is 5. The summed E-state index contributed by atoms with van der Waals surface area (Å²) in [6.45, 7) is 11.9. The highest BCUT2D eigenvalue weighted by molar-refractivity contribution is 7.13. The topological polar surface area (TPSA) is 73.9 Å². The number of nitrogens with one attached hydrogen (secondary N) is 2. The van der Waals surface area contributed by atoms with Crippen LogP contribution in [0.5, 0.6) is 0 Å². The standard InChI is InChI=1S/C24H31N5OS/c1-5-29-12-10-18(11-13-29)26-22(30)20-15-31-23(27-20)19-14-25-28-21(19)16-6-8-17(9-7-16)24(2,3)4/h6-9,14-15,18H,5,10-13H2,1-4H3,(H,25,28)(H,26,30). The molecule has 1 aromatic carbocycles. The molecule has 2 N–H and O–H groups in total. The summed E-state index contributed by atoms with van der Waals surface area (Å²) in [6, 6.07) is 8.77. The summed E-state index contributed by atoms with van der Waals surface area (Å²) in [6.07, 6.45) is 3.77. The van der Waals surface area contributed by atoms with Crippen molar-refractivity contribution in [2.24, 2.45) is 0 Å². The SMILES string of the molecule is CCN1CCC(NC(=O)c2csc(-c3cn[nH]c3-c3ccc(C(C)(C)C)cc3)n2)CC1. The lowest BCUT2D eigenvalue weighted by molar-refractivity contribution is 0.0908. The van der Waals surface area contributed by atoms with E-state index in [0.717, 1.165) is 54.3 Å². The highest BCUT2D eigenvalue weighted by atomic mass is 32.1. The quantitative estimate of drug-likeness (QED) is 0.606. The Balaban J connectivity index is 1.48. The molecular formula is C24H31N5OS. The fraction of sp³-hybridized carbons (Fsp3) is 0.458. The summed E-state index contributed by atoms with van der Waals surface area (Å²) in [7, 11) is 0. The molecule has 0 bridgehead atoms. The predicted octanol–water partition coefficient (Wildman–Crippen LogP) is 4.71. The lowest BCUT2D eigenvalue weighted by Crippen LogP contribution is -2.44. The summed E-state index contributed by atoms with van der Waals surface area (Å²) >= 11 is 1.48. The van der Waals surface area contributed by atoms with Crippen molar-refractivity contribution in [2.45, 2.75) is 52.0 Å². The number of hydrogen-bond donors (Lipinski definition) is 2. The first-order valence-corrected chi connectivity index (χ1v) is 11.9. The van der Waals surface area contributed by atoms with Gasteiger partial charge in [0.05, 0.1) is 17.5 Å². The minimum Gasteiger partial charge on any atom is -0.348 e. The number of carbonyl (C=O) groups is 1. The molecular weight excluding hydrogens is 406 g/mol. The number of piperidine rings is 1. The van der Waals surface area contributed by atoms with Gasteiger partial charge in [-0.15, -0.1) is 11.3 Å². The molecule has 3 heterocycles. The van der Waals surface area contributed by atoms with Gasteiger partial charge in [0.25, 0.3) is 5.91 Å². The highest BCUT2D eigenvalue weighted by Gasteiger charge is 2.22. The molecule has 0 saturated carbocycles. The van der Waals surface area contributed by atoms with Gasteiger partial charge in [-0.25, -0.2) is 4.98 Å². The molecule has 6 nitrogen and oxygen atoms in total. The second-order valence-corrected chi connectivity index (χ2v) is 10.1. The maximum absolute atomic E-state index is 12.7. The van der Waals surface area contributed by atoms with Gasteiger partial charge in [-0.1, -0.05) is 52.0 Å². The van der Waals surface area contributed by atoms with Crippen molar-refractivity contribution in [1.29, 1.82) is 0 Å². The number of hydrogen-bond acceptors (Lipinski definition) is 5. The first kappa shape index (κ1) is 21.7. The first-order chi connectivity index (χ1) is 14.8. The minimum atomic E-state index is -0.0861. The minimum absolute atomic E-state index is 0.0861. The Bertz CT molecular complexity index is 1020. The molecule has 2 aromatic heterocycles. The number of H-pyrrole nitrogens is 1. The molecule has 1 fully saturated rings. The third kappa shape index (κ3) is 4.88. The number of likely N-dealkylation sites (tertiary alicyclic amines) is 1. The fourth-order valence-electron chi connectivity index (χ4n) is 3.96. The van der Waals surface area contributed by atoms with Crippen LogP contribution in [0.1, 0.15) is 56.6 Å². The maximum atomic E-state index is 12.7. The van der Waals surface area contributed by atoms with Gasteiger partial charge in [-0.05, 0) is 30.4 Å². The van der Waals surface area contributed by atoms with Gasteiger partial charge in [-0.2, -0.15) is 5.10 Å². The molecule has 164 valence electrons. The van der Waals surface area contributed by atoms with E-state index < -0.39 is 0 Å². The molecule has 1 amide bonds. The van der Waals surface area contributed by atoms with E-state index in [-0.39, 0.29) is 17.4 Å². The normalized spacial score (nSPS) is 15.9. The van der Waals surface area contributed by atoms with Crippen molar-refractivity contribution in [3.8, 4) is 21.8 Å². The zero-order valence-electron chi connectivity index (χ0n) is 18.7. The van der Waals surface area contributed by atoms with Crippen LogP contribution in [-0.4, -0.2) is 51.7 Å². The summed E-state index contributed by atoms with van der Waals surface area (Å²) in [5.74, 6) is -0.0861. The molecule has 1 aliphatic rings. The number of aromatic nitrogens is 3. The van der Waals surface area contributed by atoms with Crippen LogP contribution in [0.15, 0.2) is 35.8 Å². The lowest BCUT2D eigenvalue weighted by atomic mass is 9.86. The van der Waals surface area contributed by atoms with Crippen LogP contribution in [0.3, 0.4) is 0 Å². The molecule has 1 saturated heterocycles. The molecule has 0 spiro atoms. The number of aromatic amines is 1. The van der Waals surface area contributed by atoms with Crippen molar-refractivity contribution < 1.29 is 4.79 Å². The van der Waals surface area contributed by atoms with Gasteiger partial charge in [0.2, 0.25) is 0 Å². The molecule has 0 radical (unpaired) electrons. The van der Waals surface area contributed by atoms with E-state index in [1.165, 1.54) is 16.9 Å². The highest BCUT2D eigenvalue weighted by Crippen LogP contribution is 2.33. The molecule has 0 aliphatic carbocycles. The summed E-state index contributed by atoms with van der Waals surface area (Å²) in [5.41, 5.74) is 4.78. The second-order valence-electron chi connectivity index (χ2n) is 9.21. The summed E-state index contributed by atoms with van der Waals surface area (Å²) in [4.78, 5) is 19.8. The van der Waals surface area contributed by atoms with E-state index in [4.69, 9.17) is 0 Å². The third-order valence-electron chi connectivity index (χ3n) is 6.02. The number of benzene rings is 1. The smallest absolute Gasteiger partial charge is 0.270 e. The molecule has 1 aliphatic heterocycles. The predicted molar refractivity (Wildman–Crippen MR) is 126 cm³/mol. The van der Waals surface area contributed by atoms with Crippen molar-refractivity contribution in [3.63, 3.8) is 0 Å². The number of thiazole rings is 1. The maximum Gasteiger partial charge on any atom is 0.270 e. The third-order valence-corrected chi connectivity index (χ3v) is 6.89. The van der Waals surface area contributed by atoms with Crippen LogP contribution in [0.25, 0.3) is 21.8 Å². The Morgan fingerprint density at radius 2 is 1.94 bits per heavy atom. The Morgan fingerprint density at radius 1 is 1.23 bits per heavy atom. The van der Waals surface area contributed by atoms with E-state index >= 15 is 0 Å². The zero-order valence-corrected chi connectivity index (χ0v) is 19.6. The van der Waals surface area contributed by atoms with E-state index in [2.05, 4.69) is 77.4 Å². The van der Waals surface area contributed by atoms with Crippen molar-refractivity contribution in [1.82, 2.24) is 25.4 Å². The monoisotopic (exact) mass is 437 g/mol. The number of nitrogens with zero attached hydrogens (tertiary/aromatic N) is 3. The van der Waals surface area contributed by atoms with Crippen LogP contribution in [0.2, 0.25) is 0 Å². The molecule has 4 rings (SSSR count). The Hall–Kier alpha value is -2.51. The van der Waals surface area contributed by atoms with Gasteiger partial charge in [0, 0.05) is 30.1 Å². The van der Waals surface area contributed by atoms with Crippen molar-refractivity contribution in [2.75, 3.05) is 19.6 Å². The summed E-state index contributed by atoms with van der Waals surface area (Å²) in [5, 5.41) is 13.1. The van der Waals surface area contributed by atoms with Gasteiger partial charge in [-0.3, -0.25) is 9.89 Å². The first-order valence-electron chi connectivity index (χ1n) is 11.0. The largest absolute Gasteiger partial charge is 0.348 e. The zero-order chi connectivity index (χ0) is 22.0. The van der Waals surface area contributed by atoms with Crippen LogP contribution in [0.4, 0.5) is 0 Å². The summed E-state index contributed by atoms with van der Waals surface area (Å²) < 4.78 is 0. The molecule has 7 heteroatoms. The van der Waals surface area contributed by atoms with Crippen LogP contribution >= 0.6 is 11.3 Å². The van der Waals surface area contributed by atoms with Gasteiger partial charge in [0.1, 0.15) is 10.7 Å². The molecule has 31 heavy (non-hydrogen) atoms. The van der Waals surface area contributed by atoms with Gasteiger partial charge >= 0.3 is 0 Å². The fourth-order valence-corrected chi connectivity index (χ4v) is 4.78. The number of amides is 1. The molecule has 0 unspecified atom stereocenters. The van der Waals surface area contributed by atoms with Crippen molar-refractivity contribution in [3.05, 3.63) is 47.1 Å². The molecule has 3 aromatic rings. The van der Waals surface area contributed by atoms with Gasteiger partial charge < -0.3 is 10.2 Å². The van der Waals surface area contributed by atoms with Crippen molar-refractivity contribution >= 4 is 17.2 Å². The van der Waals surface area contributed by atoms with Crippen LogP contribution < -0.4 is 5.32 Å². The average molecular weight is 438 g/mol. The Morgan fingerprint density at radius 3 is 2.58 bits per heavy atom. The Labute approximate surface area is 188 Å². The van der Waals surface area contributed by atoms with E-state index in [1.54, 1.807) is 6.20 Å². The average Bonchev–Trinajstić information content (AvgIpc) is 3.43. The lowest BCUT2D eigenvalue weighted by Gasteiger charge is -2.31. The van der Waals surface area contributed by atoms with E-state index in [0.29, 0.717) is 5.69 Å². The number of carbonyl (C=O) groups excluding carboxylic acids is 1. The van der Waals surface area contributed by atoms with E-state index in [9.17, 15) is 4.79 Å². The second kappa shape index (κ2) is 8.93.